The van der Waals surface area contributed by atoms with E-state index in [2.05, 4.69) is 19.2 Å². The third-order valence-electron chi connectivity index (χ3n) is 6.36. The summed E-state index contributed by atoms with van der Waals surface area (Å²) in [7, 11) is 1.63. The SMILES string of the molecule is CC(C)CN(C[C@@H]1CCCO1)C(=O)CN1CC2=C(C1=O)[C@H](c1ccccc1Cl)NC(=O)N2C. The van der Waals surface area contributed by atoms with Crippen LogP contribution in [0.3, 0.4) is 0 Å². The number of likely N-dealkylation sites (N-methyl/N-ethyl adjacent to an activating group) is 1. The highest BCUT2D eigenvalue weighted by atomic mass is 35.5. The lowest BCUT2D eigenvalue weighted by atomic mass is 9.96. The standard InChI is InChI=1S/C24H31ClN4O4/c1-15(2)11-28(12-16-7-6-10-33-16)20(30)14-29-13-19-21(23(29)31)22(26-24(32)27(19)3)17-8-4-5-9-18(17)25/h4-5,8-9,15-16,22H,6-7,10-14H2,1-3H3,(H,26,32)/t16-,22-/m0/s1. The summed E-state index contributed by atoms with van der Waals surface area (Å²) in [5.74, 6) is -0.0612. The van der Waals surface area contributed by atoms with Crippen LogP contribution in [0, 0.1) is 5.92 Å². The van der Waals surface area contributed by atoms with E-state index in [1.54, 1.807) is 25.2 Å². The molecule has 178 valence electrons. The Kier molecular flexibility index (Phi) is 6.95. The Morgan fingerprint density at radius 2 is 2.06 bits per heavy atom. The molecule has 1 N–H and O–H groups in total. The van der Waals surface area contributed by atoms with E-state index in [4.69, 9.17) is 16.3 Å². The van der Waals surface area contributed by atoms with Gasteiger partial charge < -0.3 is 19.9 Å². The molecule has 33 heavy (non-hydrogen) atoms. The number of carbonyl (C=O) groups is 3. The van der Waals surface area contributed by atoms with Crippen molar-refractivity contribution in [3.05, 3.63) is 46.1 Å². The van der Waals surface area contributed by atoms with Crippen molar-refractivity contribution in [2.24, 2.45) is 5.92 Å². The fraction of sp³-hybridized carbons (Fsp3) is 0.542. The molecule has 2 atom stereocenters. The fourth-order valence-electron chi connectivity index (χ4n) is 4.71. The van der Waals surface area contributed by atoms with E-state index >= 15 is 0 Å². The largest absolute Gasteiger partial charge is 0.376 e. The van der Waals surface area contributed by atoms with Gasteiger partial charge >= 0.3 is 6.03 Å². The first-order valence-corrected chi connectivity index (χ1v) is 11.8. The molecule has 0 aliphatic carbocycles. The second kappa shape index (κ2) is 9.73. The van der Waals surface area contributed by atoms with Crippen molar-refractivity contribution in [3.8, 4) is 0 Å². The average Bonchev–Trinajstić information content (AvgIpc) is 3.39. The number of halogens is 1. The van der Waals surface area contributed by atoms with Gasteiger partial charge in [0.25, 0.3) is 5.91 Å². The van der Waals surface area contributed by atoms with Crippen molar-refractivity contribution >= 4 is 29.4 Å². The number of amides is 4. The maximum atomic E-state index is 13.5. The van der Waals surface area contributed by atoms with E-state index in [-0.39, 0.29) is 37.0 Å². The Labute approximate surface area is 199 Å². The topological polar surface area (TPSA) is 82.2 Å². The molecule has 0 radical (unpaired) electrons. The van der Waals surface area contributed by atoms with E-state index in [1.807, 2.05) is 11.0 Å². The third kappa shape index (κ3) is 4.87. The Bertz CT molecular complexity index is 973. The Morgan fingerprint density at radius 3 is 2.73 bits per heavy atom. The predicted molar refractivity (Wildman–Crippen MR) is 124 cm³/mol. The predicted octanol–water partition coefficient (Wildman–Crippen LogP) is 2.80. The number of nitrogens with one attached hydrogen (secondary N) is 1. The highest BCUT2D eigenvalue weighted by Gasteiger charge is 2.44. The zero-order valence-electron chi connectivity index (χ0n) is 19.3. The van der Waals surface area contributed by atoms with Gasteiger partial charge in [0.2, 0.25) is 5.91 Å². The average molecular weight is 475 g/mol. The minimum atomic E-state index is -0.649. The number of nitrogens with zero attached hydrogens (tertiary/aromatic N) is 3. The molecule has 0 spiro atoms. The molecule has 0 aromatic heterocycles. The van der Waals surface area contributed by atoms with Crippen LogP contribution in [-0.4, -0.2) is 78.5 Å². The normalized spacial score (nSPS) is 22.8. The molecular weight excluding hydrogens is 444 g/mol. The molecule has 3 aliphatic heterocycles. The quantitative estimate of drug-likeness (QED) is 0.658. The lowest BCUT2D eigenvalue weighted by Gasteiger charge is -2.31. The summed E-state index contributed by atoms with van der Waals surface area (Å²) in [5.41, 5.74) is 1.73. The highest BCUT2D eigenvalue weighted by molar-refractivity contribution is 6.31. The van der Waals surface area contributed by atoms with E-state index < -0.39 is 6.04 Å². The van der Waals surface area contributed by atoms with Crippen LogP contribution in [-0.2, 0) is 14.3 Å². The molecule has 4 rings (SSSR count). The minimum absolute atomic E-state index is 0.0391. The number of rotatable bonds is 7. The first kappa shape index (κ1) is 23.6. The summed E-state index contributed by atoms with van der Waals surface area (Å²) >= 11 is 6.39. The summed E-state index contributed by atoms with van der Waals surface area (Å²) in [4.78, 5) is 44.1. The summed E-state index contributed by atoms with van der Waals surface area (Å²) in [5, 5.41) is 3.35. The van der Waals surface area contributed by atoms with Gasteiger partial charge in [0, 0.05) is 31.8 Å². The monoisotopic (exact) mass is 474 g/mol. The summed E-state index contributed by atoms with van der Waals surface area (Å²) in [6.45, 7) is 6.18. The summed E-state index contributed by atoms with van der Waals surface area (Å²) < 4.78 is 5.74. The first-order valence-electron chi connectivity index (χ1n) is 11.5. The summed E-state index contributed by atoms with van der Waals surface area (Å²) in [6, 6.07) is 6.20. The summed E-state index contributed by atoms with van der Waals surface area (Å²) in [6.07, 6.45) is 2.00. The van der Waals surface area contributed by atoms with Gasteiger partial charge in [-0.3, -0.25) is 14.5 Å². The number of urea groups is 1. The smallest absolute Gasteiger partial charge is 0.322 e. The lowest BCUT2D eigenvalue weighted by Crippen LogP contribution is -2.46. The van der Waals surface area contributed by atoms with E-state index in [0.29, 0.717) is 40.9 Å². The van der Waals surface area contributed by atoms with Gasteiger partial charge in [-0.25, -0.2) is 4.79 Å². The zero-order chi connectivity index (χ0) is 23.7. The molecule has 8 nitrogen and oxygen atoms in total. The van der Waals surface area contributed by atoms with E-state index in [9.17, 15) is 14.4 Å². The Morgan fingerprint density at radius 1 is 1.30 bits per heavy atom. The van der Waals surface area contributed by atoms with Crippen molar-refractivity contribution in [2.75, 3.05) is 39.8 Å². The number of hydrogen-bond donors (Lipinski definition) is 1. The molecule has 3 aliphatic rings. The van der Waals surface area contributed by atoms with E-state index in [0.717, 1.165) is 19.4 Å². The van der Waals surface area contributed by atoms with Crippen LogP contribution < -0.4 is 5.32 Å². The lowest BCUT2D eigenvalue weighted by molar-refractivity contribution is -0.139. The van der Waals surface area contributed by atoms with Gasteiger partial charge in [0.15, 0.2) is 0 Å². The van der Waals surface area contributed by atoms with Gasteiger partial charge in [-0.1, -0.05) is 43.6 Å². The van der Waals surface area contributed by atoms with Gasteiger partial charge in [-0.05, 0) is 30.4 Å². The van der Waals surface area contributed by atoms with Crippen LogP contribution in [0.2, 0.25) is 5.02 Å². The fourth-order valence-corrected chi connectivity index (χ4v) is 4.95. The highest BCUT2D eigenvalue weighted by Crippen LogP contribution is 2.37. The first-order chi connectivity index (χ1) is 15.8. The number of ether oxygens (including phenoxy) is 1. The van der Waals surface area contributed by atoms with Crippen molar-refractivity contribution in [2.45, 2.75) is 38.8 Å². The minimum Gasteiger partial charge on any atom is -0.376 e. The molecule has 9 heteroatoms. The van der Waals surface area contributed by atoms with Crippen LogP contribution in [0.1, 0.15) is 38.3 Å². The molecule has 1 aromatic carbocycles. The molecule has 1 aromatic rings. The van der Waals surface area contributed by atoms with Crippen LogP contribution >= 0.6 is 11.6 Å². The molecule has 1 fully saturated rings. The molecule has 0 saturated carbocycles. The van der Waals surface area contributed by atoms with Gasteiger partial charge in [-0.15, -0.1) is 0 Å². The van der Waals surface area contributed by atoms with Crippen LogP contribution in [0.25, 0.3) is 0 Å². The third-order valence-corrected chi connectivity index (χ3v) is 6.71. The maximum Gasteiger partial charge on any atom is 0.322 e. The number of benzene rings is 1. The molecule has 0 unspecified atom stereocenters. The Balaban J connectivity index is 1.54. The molecule has 1 saturated heterocycles. The molecule has 3 heterocycles. The van der Waals surface area contributed by atoms with Crippen LogP contribution in [0.5, 0.6) is 0 Å². The van der Waals surface area contributed by atoms with Crippen molar-refractivity contribution in [3.63, 3.8) is 0 Å². The van der Waals surface area contributed by atoms with Crippen molar-refractivity contribution in [1.82, 2.24) is 20.0 Å². The number of hydrogen-bond acceptors (Lipinski definition) is 4. The van der Waals surface area contributed by atoms with E-state index in [1.165, 1.54) is 9.80 Å². The van der Waals surface area contributed by atoms with Gasteiger partial charge in [0.05, 0.1) is 30.0 Å². The molecular formula is C24H31ClN4O4. The van der Waals surface area contributed by atoms with Crippen molar-refractivity contribution in [1.29, 1.82) is 0 Å². The maximum absolute atomic E-state index is 13.5. The Hall–Kier alpha value is -2.58. The molecule has 4 amide bonds. The van der Waals surface area contributed by atoms with Crippen molar-refractivity contribution < 1.29 is 19.1 Å². The second-order valence-electron chi connectivity index (χ2n) is 9.31. The van der Waals surface area contributed by atoms with Gasteiger partial charge in [0.1, 0.15) is 6.54 Å². The zero-order valence-corrected chi connectivity index (χ0v) is 20.1. The van der Waals surface area contributed by atoms with Crippen LogP contribution in [0.15, 0.2) is 35.5 Å². The van der Waals surface area contributed by atoms with Gasteiger partial charge in [-0.2, -0.15) is 0 Å². The second-order valence-corrected chi connectivity index (χ2v) is 9.72. The van der Waals surface area contributed by atoms with Crippen LogP contribution in [0.4, 0.5) is 4.79 Å². The molecule has 0 bridgehead atoms. The number of carbonyl (C=O) groups excluding carboxylic acids is 3.